The van der Waals surface area contributed by atoms with E-state index in [1.165, 1.54) is 0 Å². The Labute approximate surface area is 107 Å². The molecular weight excluding hydrogens is 231 g/mol. The van der Waals surface area contributed by atoms with Gasteiger partial charge in [-0.2, -0.15) is 0 Å². The molecule has 3 nitrogen and oxygen atoms in total. The van der Waals surface area contributed by atoms with Crippen LogP contribution >= 0.6 is 0 Å². The first kappa shape index (κ1) is 11.8. The van der Waals surface area contributed by atoms with Gasteiger partial charge >= 0.3 is 0 Å². The first-order chi connectivity index (χ1) is 8.75. The molecule has 0 aromatic heterocycles. The van der Waals surface area contributed by atoms with Gasteiger partial charge in [0.05, 0.1) is 18.9 Å². The van der Waals surface area contributed by atoms with Gasteiger partial charge in [-0.1, -0.05) is 0 Å². The van der Waals surface area contributed by atoms with Gasteiger partial charge in [-0.05, 0) is 31.9 Å². The molecule has 3 rings (SSSR count). The summed E-state index contributed by atoms with van der Waals surface area (Å²) in [7, 11) is 0. The summed E-state index contributed by atoms with van der Waals surface area (Å²) < 4.78 is 19.5. The summed E-state index contributed by atoms with van der Waals surface area (Å²) in [5.74, 6) is -0.105. The van der Waals surface area contributed by atoms with E-state index in [2.05, 4.69) is 17.1 Å². The van der Waals surface area contributed by atoms with Crippen LogP contribution in [0.3, 0.4) is 0 Å². The Kier molecular flexibility index (Phi) is 3.12. The minimum atomic E-state index is -0.105. The van der Waals surface area contributed by atoms with E-state index in [9.17, 15) is 4.39 Å². The topological polar surface area (TPSA) is 24.5 Å². The Morgan fingerprint density at radius 1 is 1.33 bits per heavy atom. The van der Waals surface area contributed by atoms with Crippen LogP contribution in [-0.4, -0.2) is 32.3 Å². The zero-order valence-electron chi connectivity index (χ0n) is 10.7. The Bertz CT molecular complexity index is 444. The van der Waals surface area contributed by atoms with Gasteiger partial charge < -0.3 is 15.0 Å². The summed E-state index contributed by atoms with van der Waals surface area (Å²) in [6.45, 7) is 5.10. The molecule has 98 valence electrons. The SMILES string of the molecule is CC1CCc2c(ccc(F)c2N2CCOCC2)N1. The molecule has 0 bridgehead atoms. The molecule has 0 saturated carbocycles. The van der Waals surface area contributed by atoms with Crippen LogP contribution in [0.25, 0.3) is 0 Å². The molecule has 2 aliphatic rings. The third-order valence-corrected chi connectivity index (χ3v) is 3.79. The summed E-state index contributed by atoms with van der Waals surface area (Å²) in [6, 6.07) is 3.92. The van der Waals surface area contributed by atoms with Crippen LogP contribution in [0, 0.1) is 5.82 Å². The zero-order valence-corrected chi connectivity index (χ0v) is 10.7. The van der Waals surface area contributed by atoms with Gasteiger partial charge in [-0.3, -0.25) is 0 Å². The number of anilines is 2. The molecular formula is C14H19FN2O. The molecule has 1 aromatic carbocycles. The summed E-state index contributed by atoms with van der Waals surface area (Å²) in [4.78, 5) is 2.12. The van der Waals surface area contributed by atoms with Crippen LogP contribution in [-0.2, 0) is 11.2 Å². The summed E-state index contributed by atoms with van der Waals surface area (Å²) in [5, 5.41) is 3.44. The number of nitrogens with zero attached hydrogens (tertiary/aromatic N) is 1. The lowest BCUT2D eigenvalue weighted by molar-refractivity contribution is 0.122. The Balaban J connectivity index is 1.99. The van der Waals surface area contributed by atoms with E-state index in [1.807, 2.05) is 6.07 Å². The minimum absolute atomic E-state index is 0.105. The van der Waals surface area contributed by atoms with Crippen LogP contribution in [0.15, 0.2) is 12.1 Å². The van der Waals surface area contributed by atoms with Gasteiger partial charge in [0, 0.05) is 30.4 Å². The molecule has 18 heavy (non-hydrogen) atoms. The average Bonchev–Trinajstić information content (AvgIpc) is 2.40. The molecule has 1 fully saturated rings. The van der Waals surface area contributed by atoms with Crippen molar-refractivity contribution >= 4 is 11.4 Å². The monoisotopic (exact) mass is 250 g/mol. The van der Waals surface area contributed by atoms with Gasteiger partial charge in [0.2, 0.25) is 0 Å². The molecule has 0 radical (unpaired) electrons. The van der Waals surface area contributed by atoms with E-state index < -0.39 is 0 Å². The quantitative estimate of drug-likeness (QED) is 0.828. The lowest BCUT2D eigenvalue weighted by Gasteiger charge is -2.34. The number of hydrogen-bond acceptors (Lipinski definition) is 3. The maximum Gasteiger partial charge on any atom is 0.146 e. The molecule has 2 heterocycles. The average molecular weight is 250 g/mol. The highest BCUT2D eigenvalue weighted by Crippen LogP contribution is 2.35. The highest BCUT2D eigenvalue weighted by Gasteiger charge is 2.24. The molecule has 1 N–H and O–H groups in total. The maximum absolute atomic E-state index is 14.1. The smallest absolute Gasteiger partial charge is 0.146 e. The normalized spacial score (nSPS) is 23.4. The first-order valence-corrected chi connectivity index (χ1v) is 6.66. The lowest BCUT2D eigenvalue weighted by atomic mass is 9.96. The summed E-state index contributed by atoms with van der Waals surface area (Å²) in [6.07, 6.45) is 2.02. The third-order valence-electron chi connectivity index (χ3n) is 3.79. The van der Waals surface area contributed by atoms with Crippen molar-refractivity contribution in [3.8, 4) is 0 Å². The number of halogens is 1. The number of morpholine rings is 1. The fourth-order valence-electron chi connectivity index (χ4n) is 2.82. The Morgan fingerprint density at radius 2 is 2.11 bits per heavy atom. The summed E-state index contributed by atoms with van der Waals surface area (Å²) >= 11 is 0. The third kappa shape index (κ3) is 2.05. The highest BCUT2D eigenvalue weighted by atomic mass is 19.1. The second-order valence-corrected chi connectivity index (χ2v) is 5.11. The fraction of sp³-hybridized carbons (Fsp3) is 0.571. The molecule has 1 unspecified atom stereocenters. The van der Waals surface area contributed by atoms with Crippen LogP contribution in [0.5, 0.6) is 0 Å². The maximum atomic E-state index is 14.1. The molecule has 0 aliphatic carbocycles. The molecule has 1 aromatic rings. The Morgan fingerprint density at radius 3 is 2.89 bits per heavy atom. The van der Waals surface area contributed by atoms with E-state index in [-0.39, 0.29) is 5.82 Å². The molecule has 0 amide bonds. The van der Waals surface area contributed by atoms with Crippen LogP contribution in [0.2, 0.25) is 0 Å². The highest BCUT2D eigenvalue weighted by molar-refractivity contribution is 5.69. The molecule has 2 aliphatic heterocycles. The molecule has 1 atom stereocenters. The standard InChI is InChI=1S/C14H19FN2O/c1-10-2-3-11-13(16-10)5-4-12(15)14(11)17-6-8-18-9-7-17/h4-5,10,16H,2-3,6-9H2,1H3. The van der Waals surface area contributed by atoms with Crippen molar-refractivity contribution in [1.29, 1.82) is 0 Å². The van der Waals surface area contributed by atoms with Crippen LogP contribution in [0.4, 0.5) is 15.8 Å². The number of hydrogen-bond donors (Lipinski definition) is 1. The number of rotatable bonds is 1. The van der Waals surface area contributed by atoms with Gasteiger partial charge in [-0.15, -0.1) is 0 Å². The number of benzene rings is 1. The van der Waals surface area contributed by atoms with E-state index in [4.69, 9.17) is 4.74 Å². The van der Waals surface area contributed by atoms with Crippen molar-refractivity contribution in [3.63, 3.8) is 0 Å². The van der Waals surface area contributed by atoms with Gasteiger partial charge in [-0.25, -0.2) is 4.39 Å². The van der Waals surface area contributed by atoms with E-state index in [0.29, 0.717) is 19.3 Å². The van der Waals surface area contributed by atoms with Crippen molar-refractivity contribution in [2.45, 2.75) is 25.8 Å². The molecule has 1 saturated heterocycles. The largest absolute Gasteiger partial charge is 0.382 e. The van der Waals surface area contributed by atoms with Crippen molar-refractivity contribution in [2.75, 3.05) is 36.5 Å². The number of fused-ring (bicyclic) bond motifs is 1. The van der Waals surface area contributed by atoms with Crippen LogP contribution in [0.1, 0.15) is 18.9 Å². The lowest BCUT2D eigenvalue weighted by Crippen LogP contribution is -2.38. The Hall–Kier alpha value is -1.29. The van der Waals surface area contributed by atoms with Gasteiger partial charge in [0.1, 0.15) is 5.82 Å². The van der Waals surface area contributed by atoms with E-state index in [0.717, 1.165) is 42.9 Å². The second kappa shape index (κ2) is 4.76. The molecule has 4 heteroatoms. The zero-order chi connectivity index (χ0) is 12.5. The van der Waals surface area contributed by atoms with Gasteiger partial charge in [0.15, 0.2) is 0 Å². The van der Waals surface area contributed by atoms with E-state index in [1.54, 1.807) is 6.07 Å². The predicted molar refractivity (Wildman–Crippen MR) is 70.8 cm³/mol. The summed E-state index contributed by atoms with van der Waals surface area (Å²) in [5.41, 5.74) is 3.02. The fourth-order valence-corrected chi connectivity index (χ4v) is 2.82. The van der Waals surface area contributed by atoms with Crippen LogP contribution < -0.4 is 10.2 Å². The van der Waals surface area contributed by atoms with Crippen molar-refractivity contribution in [3.05, 3.63) is 23.5 Å². The van der Waals surface area contributed by atoms with E-state index >= 15 is 0 Å². The van der Waals surface area contributed by atoms with Crippen molar-refractivity contribution < 1.29 is 9.13 Å². The number of nitrogens with one attached hydrogen (secondary N) is 1. The first-order valence-electron chi connectivity index (χ1n) is 6.66. The minimum Gasteiger partial charge on any atom is -0.382 e. The predicted octanol–water partition coefficient (Wildman–Crippen LogP) is 2.41. The second-order valence-electron chi connectivity index (χ2n) is 5.11. The van der Waals surface area contributed by atoms with Crippen molar-refractivity contribution in [1.82, 2.24) is 0 Å². The van der Waals surface area contributed by atoms with Gasteiger partial charge in [0.25, 0.3) is 0 Å². The van der Waals surface area contributed by atoms with Crippen molar-refractivity contribution in [2.24, 2.45) is 0 Å². The molecule has 0 spiro atoms. The number of ether oxygens (including phenoxy) is 1.